The highest BCUT2D eigenvalue weighted by atomic mass is 15.1. The molecule has 31 heavy (non-hydrogen) atoms. The minimum absolute atomic E-state index is 1.15. The maximum Gasteiger partial charge on any atom is 0.0540 e. The van der Waals surface area contributed by atoms with Crippen LogP contribution in [0.3, 0.4) is 0 Å². The zero-order valence-electron chi connectivity index (χ0n) is 17.1. The van der Waals surface area contributed by atoms with E-state index in [-0.39, 0.29) is 0 Å². The summed E-state index contributed by atoms with van der Waals surface area (Å²) in [5, 5.41) is 7.51. The van der Waals surface area contributed by atoms with Crippen LogP contribution in [-0.2, 0) is 0 Å². The van der Waals surface area contributed by atoms with E-state index in [1.165, 1.54) is 43.7 Å². The van der Waals surface area contributed by atoms with Crippen LogP contribution in [0.1, 0.15) is 0 Å². The number of anilines is 3. The molecule has 6 aromatic carbocycles. The van der Waals surface area contributed by atoms with Gasteiger partial charge in [-0.3, -0.25) is 0 Å². The summed E-state index contributed by atoms with van der Waals surface area (Å²) < 4.78 is 0. The molecule has 0 amide bonds. The molecule has 0 aliphatic carbocycles. The van der Waals surface area contributed by atoms with Gasteiger partial charge in [0, 0.05) is 16.5 Å². The van der Waals surface area contributed by atoms with Gasteiger partial charge in [-0.25, -0.2) is 0 Å². The molecule has 6 aromatic rings. The van der Waals surface area contributed by atoms with Gasteiger partial charge in [-0.05, 0) is 57.9 Å². The minimum atomic E-state index is 1.15. The third kappa shape index (κ3) is 3.03. The van der Waals surface area contributed by atoms with Gasteiger partial charge in [0.05, 0.1) is 11.4 Å². The van der Waals surface area contributed by atoms with Gasteiger partial charge in [-0.1, -0.05) is 91.0 Å². The first-order valence-corrected chi connectivity index (χ1v) is 10.6. The Hall–Kier alpha value is -4.10. The lowest BCUT2D eigenvalue weighted by atomic mass is 10.0. The fourth-order valence-electron chi connectivity index (χ4n) is 4.53. The van der Waals surface area contributed by atoms with E-state index in [1.54, 1.807) is 0 Å². The molecule has 0 aliphatic heterocycles. The van der Waals surface area contributed by atoms with Crippen molar-refractivity contribution >= 4 is 49.4 Å². The summed E-state index contributed by atoms with van der Waals surface area (Å²) >= 11 is 0. The fourth-order valence-corrected chi connectivity index (χ4v) is 4.53. The van der Waals surface area contributed by atoms with E-state index in [1.807, 2.05) is 0 Å². The molecule has 0 aliphatic rings. The highest BCUT2D eigenvalue weighted by molar-refractivity contribution is 6.08. The van der Waals surface area contributed by atoms with Gasteiger partial charge in [0.15, 0.2) is 0 Å². The molecule has 0 spiro atoms. The largest absolute Gasteiger partial charge is 0.309 e. The van der Waals surface area contributed by atoms with Gasteiger partial charge in [0.25, 0.3) is 0 Å². The van der Waals surface area contributed by atoms with Crippen LogP contribution < -0.4 is 4.90 Å². The van der Waals surface area contributed by atoms with Crippen LogP contribution in [-0.4, -0.2) is 0 Å². The molecular weight excluding hydrogens is 374 g/mol. The fraction of sp³-hybridized carbons (Fsp3) is 0. The summed E-state index contributed by atoms with van der Waals surface area (Å²) in [7, 11) is 0. The van der Waals surface area contributed by atoms with E-state index in [9.17, 15) is 0 Å². The van der Waals surface area contributed by atoms with Crippen molar-refractivity contribution < 1.29 is 0 Å². The number of fused-ring (bicyclic) bond motifs is 3. The normalized spacial score (nSPS) is 11.2. The Morgan fingerprint density at radius 2 is 0.903 bits per heavy atom. The second-order valence-electron chi connectivity index (χ2n) is 7.87. The zero-order chi connectivity index (χ0) is 20.6. The number of hydrogen-bond donors (Lipinski definition) is 0. The molecule has 0 saturated carbocycles. The van der Waals surface area contributed by atoms with Gasteiger partial charge >= 0.3 is 0 Å². The molecule has 0 saturated heterocycles. The van der Waals surface area contributed by atoms with Crippen molar-refractivity contribution in [2.45, 2.75) is 0 Å². The molecule has 0 fully saturated rings. The molecule has 1 nitrogen and oxygen atoms in total. The van der Waals surface area contributed by atoms with Crippen LogP contribution in [0.2, 0.25) is 0 Å². The molecule has 0 bridgehead atoms. The second kappa shape index (κ2) is 7.30. The number of nitrogens with zero attached hydrogens (tertiary/aromatic N) is 1. The van der Waals surface area contributed by atoms with Gasteiger partial charge < -0.3 is 4.90 Å². The van der Waals surface area contributed by atoms with Crippen molar-refractivity contribution in [2.75, 3.05) is 4.90 Å². The van der Waals surface area contributed by atoms with E-state index in [2.05, 4.69) is 132 Å². The Labute approximate surface area is 181 Å². The SMILES string of the molecule is c1ccc(N(c2cccc3ccccc23)c2cccc3cc4ccccc4cc23)cc1. The topological polar surface area (TPSA) is 3.24 Å². The van der Waals surface area contributed by atoms with Crippen molar-refractivity contribution in [3.8, 4) is 0 Å². The highest BCUT2D eigenvalue weighted by Gasteiger charge is 2.17. The van der Waals surface area contributed by atoms with E-state index in [4.69, 9.17) is 0 Å². The van der Waals surface area contributed by atoms with E-state index in [0.717, 1.165) is 5.69 Å². The summed E-state index contributed by atoms with van der Waals surface area (Å²) in [4.78, 5) is 2.39. The van der Waals surface area contributed by atoms with Crippen molar-refractivity contribution in [2.24, 2.45) is 0 Å². The lowest BCUT2D eigenvalue weighted by Crippen LogP contribution is -2.10. The summed E-state index contributed by atoms with van der Waals surface area (Å²) in [5.41, 5.74) is 3.52. The molecule has 0 heterocycles. The Bertz CT molecular complexity index is 1530. The maximum atomic E-state index is 2.39. The van der Waals surface area contributed by atoms with Gasteiger partial charge in [0.2, 0.25) is 0 Å². The predicted molar refractivity (Wildman–Crippen MR) is 134 cm³/mol. The van der Waals surface area contributed by atoms with Crippen molar-refractivity contribution in [3.05, 3.63) is 127 Å². The molecule has 0 N–H and O–H groups in total. The van der Waals surface area contributed by atoms with Gasteiger partial charge in [0.1, 0.15) is 0 Å². The third-order valence-electron chi connectivity index (χ3n) is 5.99. The van der Waals surface area contributed by atoms with Crippen LogP contribution in [0.4, 0.5) is 17.1 Å². The average molecular weight is 396 g/mol. The number of benzene rings is 6. The van der Waals surface area contributed by atoms with Crippen molar-refractivity contribution in [1.82, 2.24) is 0 Å². The van der Waals surface area contributed by atoms with Gasteiger partial charge in [-0.15, -0.1) is 0 Å². The molecule has 6 rings (SSSR count). The summed E-state index contributed by atoms with van der Waals surface area (Å²) in [5.74, 6) is 0. The molecule has 1 heteroatoms. The third-order valence-corrected chi connectivity index (χ3v) is 5.99. The number of rotatable bonds is 3. The maximum absolute atomic E-state index is 2.39. The Morgan fingerprint density at radius 1 is 0.355 bits per heavy atom. The Kier molecular flexibility index (Phi) is 4.18. The van der Waals surface area contributed by atoms with Crippen LogP contribution >= 0.6 is 0 Å². The highest BCUT2D eigenvalue weighted by Crippen LogP contribution is 2.42. The van der Waals surface area contributed by atoms with Crippen molar-refractivity contribution in [3.63, 3.8) is 0 Å². The molecule has 0 unspecified atom stereocenters. The molecule has 0 atom stereocenters. The number of hydrogen-bond acceptors (Lipinski definition) is 1. The van der Waals surface area contributed by atoms with Crippen molar-refractivity contribution in [1.29, 1.82) is 0 Å². The van der Waals surface area contributed by atoms with E-state index < -0.39 is 0 Å². The van der Waals surface area contributed by atoms with E-state index in [0.29, 0.717) is 0 Å². The minimum Gasteiger partial charge on any atom is -0.309 e. The Balaban J connectivity index is 1.70. The first-order valence-electron chi connectivity index (χ1n) is 10.6. The molecule has 146 valence electrons. The lowest BCUT2D eigenvalue weighted by molar-refractivity contribution is 1.31. The van der Waals surface area contributed by atoms with Crippen LogP contribution in [0, 0.1) is 0 Å². The first kappa shape index (κ1) is 17.7. The molecule has 0 radical (unpaired) electrons. The predicted octanol–water partition coefficient (Wildman–Crippen LogP) is 8.62. The van der Waals surface area contributed by atoms with E-state index >= 15 is 0 Å². The monoisotopic (exact) mass is 395 g/mol. The quantitative estimate of drug-likeness (QED) is 0.271. The summed E-state index contributed by atoms with van der Waals surface area (Å²) in [6.45, 7) is 0. The first-order chi connectivity index (χ1) is 15.4. The van der Waals surface area contributed by atoms with Crippen LogP contribution in [0.15, 0.2) is 127 Å². The Morgan fingerprint density at radius 3 is 1.68 bits per heavy atom. The lowest BCUT2D eigenvalue weighted by Gasteiger charge is -2.28. The van der Waals surface area contributed by atoms with Crippen LogP contribution in [0.25, 0.3) is 32.3 Å². The molecule has 0 aromatic heterocycles. The van der Waals surface area contributed by atoms with Crippen LogP contribution in [0.5, 0.6) is 0 Å². The average Bonchev–Trinajstić information content (AvgIpc) is 2.84. The smallest absolute Gasteiger partial charge is 0.0540 e. The van der Waals surface area contributed by atoms with Gasteiger partial charge in [-0.2, -0.15) is 0 Å². The summed E-state index contributed by atoms with van der Waals surface area (Å²) in [6, 6.07) is 45.6. The zero-order valence-corrected chi connectivity index (χ0v) is 17.1. The standard InChI is InChI=1S/C30H21N/c1-2-15-26(16-3-1)31(29-18-8-13-22-10-6-7-17-27(22)29)30-19-9-14-25-20-23-11-4-5-12-24(23)21-28(25)30/h1-21H. The summed E-state index contributed by atoms with van der Waals surface area (Å²) in [6.07, 6.45) is 0. The number of para-hydroxylation sites is 1. The second-order valence-corrected chi connectivity index (χ2v) is 7.87. The molecular formula is C30H21N.